The zero-order valence-electron chi connectivity index (χ0n) is 12.5. The number of sulfone groups is 1. The molecule has 0 atom stereocenters. The van der Waals surface area contributed by atoms with E-state index in [1.54, 1.807) is 20.8 Å². The van der Waals surface area contributed by atoms with Gasteiger partial charge in [0.1, 0.15) is 0 Å². The van der Waals surface area contributed by atoms with Gasteiger partial charge in [-0.1, -0.05) is 33.1 Å². The molecule has 0 unspecified atom stereocenters. The molecule has 0 aromatic carbocycles. The highest BCUT2D eigenvalue weighted by Gasteiger charge is 2.41. The van der Waals surface area contributed by atoms with Gasteiger partial charge in [0.25, 0.3) is 0 Å². The first-order valence-corrected chi connectivity index (χ1v) is 8.73. The highest BCUT2D eigenvalue weighted by atomic mass is 32.2. The summed E-state index contributed by atoms with van der Waals surface area (Å²) in [5.74, 6) is 0.279. The molecule has 4 heteroatoms. The molecule has 1 aliphatic carbocycles. The SMILES string of the molecule is CC(C)NC1(CS(=O)(=O)C(C)(C)C)CCCCC1.[HH]. The second kappa shape index (κ2) is 5.49. The Morgan fingerprint density at radius 1 is 1.17 bits per heavy atom. The van der Waals surface area contributed by atoms with Gasteiger partial charge >= 0.3 is 0 Å². The van der Waals surface area contributed by atoms with Crippen LogP contribution in [0.25, 0.3) is 0 Å². The average molecular weight is 277 g/mol. The fourth-order valence-electron chi connectivity index (χ4n) is 2.75. The Kier molecular flexibility index (Phi) is 4.87. The summed E-state index contributed by atoms with van der Waals surface area (Å²) in [5, 5.41) is 3.54. The lowest BCUT2D eigenvalue weighted by Gasteiger charge is -2.41. The first-order chi connectivity index (χ1) is 8.08. The van der Waals surface area contributed by atoms with Crippen LogP contribution in [0.15, 0.2) is 0 Å². The van der Waals surface area contributed by atoms with Crippen LogP contribution in [0.1, 0.15) is 68.1 Å². The van der Waals surface area contributed by atoms with Crippen LogP contribution in [-0.2, 0) is 9.84 Å². The van der Waals surface area contributed by atoms with Crippen LogP contribution in [-0.4, -0.2) is 30.5 Å². The van der Waals surface area contributed by atoms with Gasteiger partial charge in [0.2, 0.25) is 0 Å². The predicted molar refractivity (Wildman–Crippen MR) is 79.7 cm³/mol. The Morgan fingerprint density at radius 2 is 1.67 bits per heavy atom. The summed E-state index contributed by atoms with van der Waals surface area (Å²) in [5.41, 5.74) is -0.196. The van der Waals surface area contributed by atoms with Crippen molar-refractivity contribution in [1.82, 2.24) is 5.32 Å². The molecule has 0 aliphatic heterocycles. The van der Waals surface area contributed by atoms with E-state index in [9.17, 15) is 8.42 Å². The smallest absolute Gasteiger partial charge is 0.156 e. The number of nitrogens with one attached hydrogen (secondary N) is 1. The molecule has 0 bridgehead atoms. The van der Waals surface area contributed by atoms with Crippen molar-refractivity contribution in [2.75, 3.05) is 5.75 Å². The maximum absolute atomic E-state index is 12.5. The molecule has 1 rings (SSSR count). The van der Waals surface area contributed by atoms with Gasteiger partial charge in [-0.05, 0) is 33.6 Å². The van der Waals surface area contributed by atoms with Crippen molar-refractivity contribution < 1.29 is 9.84 Å². The van der Waals surface area contributed by atoms with E-state index in [1.165, 1.54) is 6.42 Å². The molecule has 0 saturated heterocycles. The van der Waals surface area contributed by atoms with E-state index in [4.69, 9.17) is 0 Å². The average Bonchev–Trinajstić information content (AvgIpc) is 2.14. The Bertz CT molecular complexity index is 365. The Balaban J connectivity index is 0.00000324. The van der Waals surface area contributed by atoms with Gasteiger partial charge in [-0.25, -0.2) is 8.42 Å². The second-order valence-corrected chi connectivity index (χ2v) is 9.75. The predicted octanol–water partition coefficient (Wildman–Crippen LogP) is 3.15. The summed E-state index contributed by atoms with van der Waals surface area (Å²) in [6, 6.07) is 0.332. The fraction of sp³-hybridized carbons (Fsp3) is 1.00. The largest absolute Gasteiger partial charge is 0.308 e. The Hall–Kier alpha value is -0.0900. The monoisotopic (exact) mass is 277 g/mol. The van der Waals surface area contributed by atoms with Gasteiger partial charge in [0, 0.05) is 13.0 Å². The molecule has 1 fully saturated rings. The van der Waals surface area contributed by atoms with Gasteiger partial charge in [-0.2, -0.15) is 0 Å². The van der Waals surface area contributed by atoms with Crippen molar-refractivity contribution >= 4 is 9.84 Å². The third kappa shape index (κ3) is 3.95. The normalized spacial score (nSPS) is 21.2. The summed E-state index contributed by atoms with van der Waals surface area (Å²) in [4.78, 5) is 0. The Labute approximate surface area is 114 Å². The van der Waals surface area contributed by atoms with Crippen LogP contribution in [0.2, 0.25) is 0 Å². The van der Waals surface area contributed by atoms with Crippen molar-refractivity contribution in [1.29, 1.82) is 0 Å². The third-order valence-electron chi connectivity index (χ3n) is 3.80. The maximum Gasteiger partial charge on any atom is 0.156 e. The summed E-state index contributed by atoms with van der Waals surface area (Å²) >= 11 is 0. The lowest BCUT2D eigenvalue weighted by molar-refractivity contribution is 0.239. The minimum absolute atomic E-state index is 0. The van der Waals surface area contributed by atoms with Crippen molar-refractivity contribution in [3.05, 3.63) is 0 Å². The molecule has 1 aliphatic rings. The third-order valence-corrected chi connectivity index (χ3v) is 6.60. The van der Waals surface area contributed by atoms with Gasteiger partial charge in [-0.15, -0.1) is 0 Å². The first-order valence-electron chi connectivity index (χ1n) is 7.08. The quantitative estimate of drug-likeness (QED) is 0.858. The molecule has 3 nitrogen and oxygen atoms in total. The summed E-state index contributed by atoms with van der Waals surface area (Å²) < 4.78 is 24.3. The molecule has 0 spiro atoms. The summed E-state index contributed by atoms with van der Waals surface area (Å²) in [6.45, 7) is 9.59. The van der Waals surface area contributed by atoms with Crippen LogP contribution < -0.4 is 5.32 Å². The summed E-state index contributed by atoms with van der Waals surface area (Å²) in [6.07, 6.45) is 5.48. The Morgan fingerprint density at radius 3 is 2.06 bits per heavy atom. The minimum atomic E-state index is -3.06. The van der Waals surface area contributed by atoms with Gasteiger partial charge in [0.05, 0.1) is 10.5 Å². The lowest BCUT2D eigenvalue weighted by atomic mass is 9.82. The highest BCUT2D eigenvalue weighted by molar-refractivity contribution is 7.92. The van der Waals surface area contributed by atoms with Crippen LogP contribution in [0.5, 0.6) is 0 Å². The molecule has 110 valence electrons. The molecular weight excluding hydrogens is 246 g/mol. The zero-order chi connectivity index (χ0) is 14.0. The van der Waals surface area contributed by atoms with Gasteiger partial charge in [0.15, 0.2) is 9.84 Å². The van der Waals surface area contributed by atoms with Crippen molar-refractivity contribution in [3.8, 4) is 0 Å². The second-order valence-electron chi connectivity index (χ2n) is 7.01. The van der Waals surface area contributed by atoms with Crippen LogP contribution in [0.3, 0.4) is 0 Å². The number of hydrogen-bond acceptors (Lipinski definition) is 3. The molecule has 1 saturated carbocycles. The van der Waals surface area contributed by atoms with Crippen LogP contribution in [0, 0.1) is 0 Å². The highest BCUT2D eigenvalue weighted by Crippen LogP contribution is 2.32. The molecular formula is C14H31NO2S. The zero-order valence-corrected chi connectivity index (χ0v) is 13.4. The minimum Gasteiger partial charge on any atom is -0.308 e. The topological polar surface area (TPSA) is 46.2 Å². The van der Waals surface area contributed by atoms with E-state index in [1.807, 2.05) is 0 Å². The van der Waals surface area contributed by atoms with E-state index >= 15 is 0 Å². The molecule has 18 heavy (non-hydrogen) atoms. The molecule has 0 aromatic rings. The molecule has 0 aromatic heterocycles. The lowest BCUT2D eigenvalue weighted by Crippen LogP contribution is -2.56. The van der Waals surface area contributed by atoms with Crippen LogP contribution in [0.4, 0.5) is 0 Å². The van der Waals surface area contributed by atoms with Crippen molar-refractivity contribution in [3.63, 3.8) is 0 Å². The van der Waals surface area contributed by atoms with Crippen LogP contribution >= 0.6 is 0 Å². The summed E-state index contributed by atoms with van der Waals surface area (Å²) in [7, 11) is -3.06. The first kappa shape index (κ1) is 16.0. The van der Waals surface area contributed by atoms with E-state index in [2.05, 4.69) is 19.2 Å². The molecule has 0 radical (unpaired) electrons. The fourth-order valence-corrected chi connectivity index (χ4v) is 4.28. The van der Waals surface area contributed by atoms with E-state index in [0.29, 0.717) is 6.04 Å². The van der Waals surface area contributed by atoms with Gasteiger partial charge < -0.3 is 5.32 Å². The number of hydrogen-bond donors (Lipinski definition) is 1. The van der Waals surface area contributed by atoms with E-state index in [0.717, 1.165) is 25.7 Å². The molecule has 1 N–H and O–H groups in total. The van der Waals surface area contributed by atoms with Crippen molar-refractivity contribution in [2.45, 2.75) is 83.1 Å². The standard InChI is InChI=1S/C14H29NO2S.H2/c1-12(2)15-14(9-7-6-8-10-14)11-18(16,17)13(3,4)5;/h12,15H,6-11H2,1-5H3;1H. The molecule has 0 heterocycles. The number of rotatable bonds is 4. The molecule has 0 amide bonds. The van der Waals surface area contributed by atoms with Crippen molar-refractivity contribution in [2.24, 2.45) is 0 Å². The van der Waals surface area contributed by atoms with E-state index < -0.39 is 14.6 Å². The van der Waals surface area contributed by atoms with Gasteiger partial charge in [-0.3, -0.25) is 0 Å². The van der Waals surface area contributed by atoms with E-state index in [-0.39, 0.29) is 12.7 Å². The maximum atomic E-state index is 12.5.